The monoisotopic (exact) mass is 1380 g/mol. The van der Waals surface area contributed by atoms with Crippen molar-refractivity contribution in [2.24, 2.45) is 0 Å². The predicted molar refractivity (Wildman–Crippen MR) is 443 cm³/mol. The van der Waals surface area contributed by atoms with Crippen LogP contribution in [0.3, 0.4) is 0 Å². The zero-order valence-electron chi connectivity index (χ0n) is 59.7. The van der Waals surface area contributed by atoms with Crippen molar-refractivity contribution in [1.82, 2.24) is 0 Å². The Morgan fingerprint density at radius 2 is 0.602 bits per heavy atom. The molecule has 14 aromatic carbocycles. The van der Waals surface area contributed by atoms with E-state index in [2.05, 4.69) is 379 Å². The molecule has 0 fully saturated rings. The summed E-state index contributed by atoms with van der Waals surface area (Å²) in [6.45, 7) is 20.7. The third kappa shape index (κ3) is 11.7. The van der Waals surface area contributed by atoms with Crippen LogP contribution in [-0.4, -0.2) is 0 Å². The quantitative estimate of drug-likeness (QED) is 0.119. The van der Waals surface area contributed by atoms with Crippen LogP contribution in [0.5, 0.6) is 0 Å². The molecule has 0 bridgehead atoms. The number of anilines is 12. The number of benzene rings is 14. The molecule has 14 aromatic rings. The van der Waals surface area contributed by atoms with Crippen LogP contribution in [0, 0.1) is 0 Å². The maximum absolute atomic E-state index is 2.69. The molecule has 4 nitrogen and oxygen atoms in total. The van der Waals surface area contributed by atoms with Gasteiger partial charge in [0, 0.05) is 80.6 Å². The summed E-state index contributed by atoms with van der Waals surface area (Å²) in [4.78, 5) is 17.7. The first-order valence-corrected chi connectivity index (χ1v) is 38.5. The van der Waals surface area contributed by atoms with E-state index in [1.807, 2.05) is 35.3 Å². The standard InChI is InChI=1S/C96H80N4S3/c1-94(2,3)70-34-40-73(41-35-70)97(76-31-19-28-64(52-76)61-22-13-10-14-23-61)79-46-49-82-67(55-79)58-85-88-91(82)102-86-59-68-56-81(99(75-44-38-72(39-45-75)96(7,8)9)78-33-21-30-66(54-78)63-26-17-12-18-27-63)48-51-84(68)93-89(86)100(88)90-87(103-93)60-69-57-80(47-50-83(69)92(90)101-85)98(74-42-36-71(37-43-74)95(4,5)6)77-32-20-29-65(53-77)62-24-15-11-16-25-62/h10-17,19-26,28-60H,18,27H2,1-9H3. The van der Waals surface area contributed by atoms with Crippen LogP contribution in [0.2, 0.25) is 0 Å². The largest absolute Gasteiger partial charge is 0.310 e. The lowest BCUT2D eigenvalue weighted by molar-refractivity contribution is 0.590. The highest BCUT2D eigenvalue weighted by atomic mass is 32.2. The van der Waals surface area contributed by atoms with Gasteiger partial charge in [-0.15, -0.1) is 0 Å². The molecule has 0 N–H and O–H groups in total. The molecule has 502 valence electrons. The van der Waals surface area contributed by atoms with Crippen LogP contribution < -0.4 is 19.6 Å². The fourth-order valence-electron chi connectivity index (χ4n) is 15.5. The highest BCUT2D eigenvalue weighted by molar-refractivity contribution is 8.02. The van der Waals surface area contributed by atoms with Gasteiger partial charge in [-0.25, -0.2) is 0 Å². The van der Waals surface area contributed by atoms with E-state index in [-0.39, 0.29) is 16.2 Å². The molecule has 4 aliphatic rings. The molecule has 1 aliphatic carbocycles. The van der Waals surface area contributed by atoms with Gasteiger partial charge in [0.05, 0.1) is 17.1 Å². The number of hydrogen-bond acceptors (Lipinski definition) is 7. The summed E-state index contributed by atoms with van der Waals surface area (Å²) in [5.41, 5.74) is 25.2. The molecule has 0 amide bonds. The first-order valence-electron chi connectivity index (χ1n) is 36.1. The van der Waals surface area contributed by atoms with Crippen LogP contribution in [-0.2, 0) is 16.2 Å². The second kappa shape index (κ2) is 25.2. The highest BCUT2D eigenvalue weighted by Gasteiger charge is 2.42. The fraction of sp³-hybridized carbons (Fsp3) is 0.146. The molecule has 0 aromatic heterocycles. The number of nitrogens with zero attached hydrogens (tertiary/aromatic N) is 4. The van der Waals surface area contributed by atoms with E-state index in [4.69, 9.17) is 0 Å². The van der Waals surface area contributed by atoms with Crippen molar-refractivity contribution < 1.29 is 0 Å². The van der Waals surface area contributed by atoms with Crippen molar-refractivity contribution in [2.45, 2.75) is 121 Å². The zero-order valence-corrected chi connectivity index (χ0v) is 62.2. The molecule has 0 spiro atoms. The van der Waals surface area contributed by atoms with Crippen LogP contribution in [0.4, 0.5) is 68.2 Å². The van der Waals surface area contributed by atoms with Crippen LogP contribution in [0.25, 0.3) is 60.1 Å². The van der Waals surface area contributed by atoms with Gasteiger partial charge >= 0.3 is 0 Å². The highest BCUT2D eigenvalue weighted by Crippen LogP contribution is 2.70. The van der Waals surface area contributed by atoms with E-state index >= 15 is 0 Å². The van der Waals surface area contributed by atoms with E-state index in [1.165, 1.54) is 129 Å². The van der Waals surface area contributed by atoms with Gasteiger partial charge in [0.2, 0.25) is 0 Å². The van der Waals surface area contributed by atoms with E-state index in [1.54, 1.807) is 0 Å². The summed E-state index contributed by atoms with van der Waals surface area (Å²) in [6.07, 6.45) is 8.86. The molecule has 7 heteroatoms. The minimum atomic E-state index is 0.00837. The van der Waals surface area contributed by atoms with Gasteiger partial charge in [-0.05, 0) is 239 Å². The normalized spacial score (nSPS) is 13.7. The summed E-state index contributed by atoms with van der Waals surface area (Å²) in [5.74, 6) is 0. The van der Waals surface area contributed by atoms with Gasteiger partial charge in [-0.1, -0.05) is 267 Å². The van der Waals surface area contributed by atoms with Crippen LogP contribution in [0.15, 0.2) is 327 Å². The second-order valence-corrected chi connectivity index (χ2v) is 34.1. The van der Waals surface area contributed by atoms with Crippen molar-refractivity contribution in [3.05, 3.63) is 320 Å². The SMILES string of the molecule is CC(C)(C)c1ccc(N(c2cccc(C3=CC=CCC3)c2)c2ccc3c4c5c(cc3c2)Sc2c3c(cc6cc(N(c7ccc(C(C)(C)C)cc7)c7cccc(-c8ccccc8)c7)ccc26)Sc2c(c(cc6cc(N(c7ccc(C(C)(C)C)cc7)c7cccc(-c8ccccc8)c7)ccc26)S4)N53)cc1. The van der Waals surface area contributed by atoms with E-state index in [9.17, 15) is 0 Å². The van der Waals surface area contributed by atoms with Gasteiger partial charge in [0.15, 0.2) is 0 Å². The smallest absolute Gasteiger partial charge is 0.0749 e. The van der Waals surface area contributed by atoms with Crippen molar-refractivity contribution >= 4 is 141 Å². The minimum absolute atomic E-state index is 0.00837. The predicted octanol–water partition coefficient (Wildman–Crippen LogP) is 29.4. The maximum atomic E-state index is 2.69. The van der Waals surface area contributed by atoms with Crippen LogP contribution in [0.1, 0.15) is 97.4 Å². The first-order chi connectivity index (χ1) is 49.9. The van der Waals surface area contributed by atoms with Gasteiger partial charge in [0.1, 0.15) is 0 Å². The number of allylic oxidation sites excluding steroid dienone is 4. The Balaban J connectivity index is 0.839. The molecule has 0 radical (unpaired) electrons. The number of fused-ring (bicyclic) bond motifs is 6. The molecule has 0 saturated carbocycles. The summed E-state index contributed by atoms with van der Waals surface area (Å²) in [6, 6.07) is 106. The van der Waals surface area contributed by atoms with Gasteiger partial charge in [-0.2, -0.15) is 0 Å². The summed E-state index contributed by atoms with van der Waals surface area (Å²) in [7, 11) is 0. The lowest BCUT2D eigenvalue weighted by atomic mass is 9.87. The van der Waals surface area contributed by atoms with Gasteiger partial charge < -0.3 is 19.6 Å². The Kier molecular flexibility index (Phi) is 15.8. The third-order valence-electron chi connectivity index (χ3n) is 21.0. The molecule has 3 aliphatic heterocycles. The Bertz CT molecular complexity index is 5620. The zero-order chi connectivity index (χ0) is 70.0. The topological polar surface area (TPSA) is 13.0 Å². The second-order valence-electron chi connectivity index (χ2n) is 31.0. The molecule has 3 heterocycles. The molecule has 0 atom stereocenters. The lowest BCUT2D eigenvalue weighted by Crippen LogP contribution is -2.23. The molecule has 103 heavy (non-hydrogen) atoms. The molecule has 0 unspecified atom stereocenters. The van der Waals surface area contributed by atoms with Crippen molar-refractivity contribution in [3.63, 3.8) is 0 Å². The molecular formula is C96H80N4S3. The number of rotatable bonds is 12. The first kappa shape index (κ1) is 64.7. The van der Waals surface area contributed by atoms with Crippen molar-refractivity contribution in [2.75, 3.05) is 19.6 Å². The Morgan fingerprint density at radius 3 is 0.932 bits per heavy atom. The Morgan fingerprint density at radius 1 is 0.291 bits per heavy atom. The average Bonchev–Trinajstić information content (AvgIpc) is 0.683. The maximum Gasteiger partial charge on any atom is 0.0749 e. The number of hydrogen-bond donors (Lipinski definition) is 0. The minimum Gasteiger partial charge on any atom is -0.310 e. The van der Waals surface area contributed by atoms with E-state index < -0.39 is 0 Å². The summed E-state index contributed by atoms with van der Waals surface area (Å²) < 4.78 is 0. The van der Waals surface area contributed by atoms with E-state index in [0.29, 0.717) is 0 Å². The summed E-state index contributed by atoms with van der Waals surface area (Å²) in [5, 5.41) is 7.33. The Hall–Kier alpha value is -10.4. The average molecular weight is 1390 g/mol. The van der Waals surface area contributed by atoms with Crippen LogP contribution >= 0.6 is 35.3 Å². The Labute approximate surface area is 619 Å². The van der Waals surface area contributed by atoms with Crippen molar-refractivity contribution in [3.8, 4) is 22.3 Å². The molecule has 0 saturated heterocycles. The fourth-order valence-corrected chi connectivity index (χ4v) is 19.6. The van der Waals surface area contributed by atoms with Gasteiger partial charge in [0.25, 0.3) is 0 Å². The van der Waals surface area contributed by atoms with Gasteiger partial charge in [-0.3, -0.25) is 0 Å². The van der Waals surface area contributed by atoms with E-state index in [0.717, 1.165) is 64.0 Å². The van der Waals surface area contributed by atoms with Crippen molar-refractivity contribution in [1.29, 1.82) is 0 Å². The molecular weight excluding hydrogens is 1310 g/mol. The third-order valence-corrected chi connectivity index (χ3v) is 24.5. The summed E-state index contributed by atoms with van der Waals surface area (Å²) >= 11 is 5.83. The lowest BCUT2D eigenvalue weighted by Gasteiger charge is -2.44. The molecule has 18 rings (SSSR count).